The van der Waals surface area contributed by atoms with Crippen LogP contribution in [0.2, 0.25) is 0 Å². The molecule has 1 aromatic carbocycles. The Morgan fingerprint density at radius 1 is 1.31 bits per heavy atom. The molecule has 0 radical (unpaired) electrons. The van der Waals surface area contributed by atoms with Crippen molar-refractivity contribution in [2.24, 2.45) is 0 Å². The largest absolute Gasteiger partial charge is 0.493 e. The molecule has 0 spiro atoms. The van der Waals surface area contributed by atoms with Crippen molar-refractivity contribution in [2.45, 2.75) is 19.4 Å². The summed E-state index contributed by atoms with van der Waals surface area (Å²) in [5.74, 6) is 0.728. The van der Waals surface area contributed by atoms with Crippen LogP contribution in [0, 0.1) is 0 Å². The molecule has 0 aliphatic rings. The van der Waals surface area contributed by atoms with Crippen LogP contribution < -0.4 is 4.74 Å². The fourth-order valence-electron chi connectivity index (χ4n) is 1.15. The Hall–Kier alpha value is -0.870. The highest BCUT2D eigenvalue weighted by molar-refractivity contribution is 7.46. The molecule has 1 unspecified atom stereocenters. The molecular formula is C10H15O5P. The minimum absolute atomic E-state index is 0.352. The predicted molar refractivity (Wildman–Crippen MR) is 59.1 cm³/mol. The second-order valence-electron chi connectivity index (χ2n) is 3.36. The topological polar surface area (TPSA) is 76.0 Å². The molecule has 1 aromatic rings. The lowest BCUT2D eigenvalue weighted by Gasteiger charge is -2.13. The number of hydrogen-bond acceptors (Lipinski definition) is 3. The molecule has 16 heavy (non-hydrogen) atoms. The van der Waals surface area contributed by atoms with Crippen LogP contribution in [-0.2, 0) is 9.09 Å². The first-order valence-corrected chi connectivity index (χ1v) is 6.42. The van der Waals surface area contributed by atoms with Gasteiger partial charge in [0.2, 0.25) is 0 Å². The molecule has 0 saturated heterocycles. The van der Waals surface area contributed by atoms with E-state index in [1.165, 1.54) is 0 Å². The van der Waals surface area contributed by atoms with E-state index in [-0.39, 0.29) is 0 Å². The molecule has 0 heterocycles. The molecule has 2 N–H and O–H groups in total. The molecule has 0 saturated carbocycles. The summed E-state index contributed by atoms with van der Waals surface area (Å²) in [5.41, 5.74) is 0. The second kappa shape index (κ2) is 6.01. The van der Waals surface area contributed by atoms with Crippen molar-refractivity contribution in [1.82, 2.24) is 0 Å². The van der Waals surface area contributed by atoms with Crippen LogP contribution in [0.1, 0.15) is 13.3 Å². The molecule has 0 bridgehead atoms. The summed E-state index contributed by atoms with van der Waals surface area (Å²) in [6.07, 6.45) is -0.121. The SMILES string of the molecule is CC(CCOc1ccccc1)OP(=O)(O)O. The molecule has 0 aromatic heterocycles. The Morgan fingerprint density at radius 3 is 2.50 bits per heavy atom. The summed E-state index contributed by atoms with van der Waals surface area (Å²) < 4.78 is 20.3. The lowest BCUT2D eigenvalue weighted by Crippen LogP contribution is -2.11. The van der Waals surface area contributed by atoms with Crippen LogP contribution in [0.4, 0.5) is 0 Å². The van der Waals surface area contributed by atoms with Gasteiger partial charge in [-0.15, -0.1) is 0 Å². The molecule has 5 nitrogen and oxygen atoms in total. The number of phosphoric acid groups is 1. The highest BCUT2D eigenvalue weighted by Crippen LogP contribution is 2.37. The molecule has 6 heteroatoms. The highest BCUT2D eigenvalue weighted by atomic mass is 31.2. The van der Waals surface area contributed by atoms with Gasteiger partial charge >= 0.3 is 7.82 Å². The van der Waals surface area contributed by atoms with Crippen LogP contribution >= 0.6 is 7.82 Å². The van der Waals surface area contributed by atoms with Crippen LogP contribution in [-0.4, -0.2) is 22.5 Å². The smallest absolute Gasteiger partial charge is 0.469 e. The minimum Gasteiger partial charge on any atom is -0.493 e. The second-order valence-corrected chi connectivity index (χ2v) is 4.55. The van der Waals surface area contributed by atoms with Gasteiger partial charge in [0.15, 0.2) is 0 Å². The van der Waals surface area contributed by atoms with Gasteiger partial charge in [0, 0.05) is 6.42 Å². The normalized spacial score (nSPS) is 13.4. The summed E-state index contributed by atoms with van der Waals surface area (Å²) in [5, 5.41) is 0. The van der Waals surface area contributed by atoms with Crippen LogP contribution in [0.15, 0.2) is 30.3 Å². The summed E-state index contributed by atoms with van der Waals surface area (Å²) >= 11 is 0. The zero-order valence-electron chi connectivity index (χ0n) is 8.94. The molecule has 0 aliphatic carbocycles. The number of para-hydroxylation sites is 1. The van der Waals surface area contributed by atoms with E-state index in [1.54, 1.807) is 6.92 Å². The van der Waals surface area contributed by atoms with Gasteiger partial charge in [-0.3, -0.25) is 4.52 Å². The van der Waals surface area contributed by atoms with E-state index in [0.29, 0.717) is 13.0 Å². The standard InChI is InChI=1S/C10H15O5P/c1-9(15-16(11,12)13)7-8-14-10-5-3-2-4-6-10/h2-6,9H,7-8H2,1H3,(H2,11,12,13). The number of hydrogen-bond donors (Lipinski definition) is 2. The minimum atomic E-state index is -4.39. The quantitative estimate of drug-likeness (QED) is 0.750. The molecule has 1 atom stereocenters. The van der Waals surface area contributed by atoms with Gasteiger partial charge in [0.1, 0.15) is 5.75 Å². The number of benzene rings is 1. The van der Waals surface area contributed by atoms with E-state index >= 15 is 0 Å². The Morgan fingerprint density at radius 2 is 1.94 bits per heavy atom. The summed E-state index contributed by atoms with van der Waals surface area (Å²) in [6.45, 7) is 1.94. The van der Waals surface area contributed by atoms with Crippen molar-refractivity contribution < 1.29 is 23.6 Å². The maximum Gasteiger partial charge on any atom is 0.469 e. The highest BCUT2D eigenvalue weighted by Gasteiger charge is 2.18. The van der Waals surface area contributed by atoms with Crippen molar-refractivity contribution in [3.8, 4) is 5.75 Å². The van der Waals surface area contributed by atoms with Crippen LogP contribution in [0.3, 0.4) is 0 Å². The van der Waals surface area contributed by atoms with Gasteiger partial charge < -0.3 is 14.5 Å². The van der Waals surface area contributed by atoms with Crippen molar-refractivity contribution in [3.63, 3.8) is 0 Å². The summed E-state index contributed by atoms with van der Waals surface area (Å²) in [7, 11) is -4.39. The third-order valence-corrected chi connectivity index (χ3v) is 2.49. The van der Waals surface area contributed by atoms with E-state index in [1.807, 2.05) is 30.3 Å². The monoisotopic (exact) mass is 246 g/mol. The first kappa shape index (κ1) is 13.2. The Labute approximate surface area is 94.3 Å². The van der Waals surface area contributed by atoms with Gasteiger partial charge in [0.25, 0.3) is 0 Å². The van der Waals surface area contributed by atoms with E-state index in [9.17, 15) is 4.57 Å². The fraction of sp³-hybridized carbons (Fsp3) is 0.400. The van der Waals surface area contributed by atoms with Gasteiger partial charge in [-0.25, -0.2) is 4.57 Å². The third-order valence-electron chi connectivity index (χ3n) is 1.85. The Bertz CT molecular complexity index is 347. The zero-order chi connectivity index (χ0) is 12.0. The van der Waals surface area contributed by atoms with Gasteiger partial charge in [-0.1, -0.05) is 18.2 Å². The molecule has 0 aliphatic heterocycles. The Balaban J connectivity index is 2.23. The molecule has 1 rings (SSSR count). The maximum atomic E-state index is 10.5. The lowest BCUT2D eigenvalue weighted by molar-refractivity contribution is 0.124. The van der Waals surface area contributed by atoms with Gasteiger partial charge in [-0.05, 0) is 19.1 Å². The van der Waals surface area contributed by atoms with Crippen LogP contribution in [0.5, 0.6) is 5.75 Å². The molecular weight excluding hydrogens is 231 g/mol. The predicted octanol–water partition coefficient (Wildman–Crippen LogP) is 1.95. The van der Waals surface area contributed by atoms with Crippen molar-refractivity contribution >= 4 is 7.82 Å². The van der Waals surface area contributed by atoms with E-state index in [0.717, 1.165) is 5.75 Å². The molecule has 0 amide bonds. The molecule has 90 valence electrons. The van der Waals surface area contributed by atoms with Crippen molar-refractivity contribution in [1.29, 1.82) is 0 Å². The van der Waals surface area contributed by atoms with E-state index < -0.39 is 13.9 Å². The first-order valence-electron chi connectivity index (χ1n) is 4.89. The Kier molecular flexibility index (Phi) is 4.96. The van der Waals surface area contributed by atoms with Crippen molar-refractivity contribution in [2.75, 3.05) is 6.61 Å². The zero-order valence-corrected chi connectivity index (χ0v) is 9.84. The summed E-state index contributed by atoms with van der Waals surface area (Å²) in [6, 6.07) is 9.21. The molecule has 0 fully saturated rings. The van der Waals surface area contributed by atoms with E-state index in [2.05, 4.69) is 4.52 Å². The van der Waals surface area contributed by atoms with E-state index in [4.69, 9.17) is 14.5 Å². The number of phosphoric ester groups is 1. The summed E-state index contributed by atoms with van der Waals surface area (Å²) in [4.78, 5) is 17.1. The number of ether oxygens (including phenoxy) is 1. The number of rotatable bonds is 6. The first-order chi connectivity index (χ1) is 7.47. The maximum absolute atomic E-state index is 10.5. The van der Waals surface area contributed by atoms with Crippen LogP contribution in [0.25, 0.3) is 0 Å². The lowest BCUT2D eigenvalue weighted by atomic mass is 10.3. The van der Waals surface area contributed by atoms with Gasteiger partial charge in [0.05, 0.1) is 12.7 Å². The van der Waals surface area contributed by atoms with Crippen molar-refractivity contribution in [3.05, 3.63) is 30.3 Å². The average Bonchev–Trinajstić information content (AvgIpc) is 2.16. The third kappa shape index (κ3) is 5.88. The fourth-order valence-corrected chi connectivity index (χ4v) is 1.72. The van der Waals surface area contributed by atoms with Gasteiger partial charge in [-0.2, -0.15) is 0 Å². The average molecular weight is 246 g/mol.